The second-order valence-corrected chi connectivity index (χ2v) is 4.38. The fourth-order valence-corrected chi connectivity index (χ4v) is 2.43. The molecule has 0 aliphatic carbocycles. The van der Waals surface area contributed by atoms with Gasteiger partial charge in [0.1, 0.15) is 5.25 Å². The predicted octanol–water partition coefficient (Wildman–Crippen LogP) is 1.40. The lowest BCUT2D eigenvalue weighted by Gasteiger charge is -2.28. The summed E-state index contributed by atoms with van der Waals surface area (Å²) in [5.41, 5.74) is 0. The number of aliphatic carboxylic acids is 1. The molecule has 0 spiro atoms. The van der Waals surface area contributed by atoms with E-state index in [0.717, 1.165) is 6.42 Å². The van der Waals surface area contributed by atoms with Crippen molar-refractivity contribution in [1.29, 1.82) is 0 Å². The molecular formula is C10H18O4S. The third kappa shape index (κ3) is 3.09. The Labute approximate surface area is 95.4 Å². The van der Waals surface area contributed by atoms with Crippen LogP contribution in [0.1, 0.15) is 20.3 Å². The smallest absolute Gasteiger partial charge is 0.316 e. The van der Waals surface area contributed by atoms with Crippen LogP contribution in [0.3, 0.4) is 0 Å². The van der Waals surface area contributed by atoms with E-state index >= 15 is 0 Å². The molecule has 15 heavy (non-hydrogen) atoms. The van der Waals surface area contributed by atoms with Crippen molar-refractivity contribution < 1.29 is 19.4 Å². The first-order valence-corrected chi connectivity index (χ1v) is 5.73. The average molecular weight is 234 g/mol. The van der Waals surface area contributed by atoms with Gasteiger partial charge in [0.15, 0.2) is 6.29 Å². The number of ether oxygens (including phenoxy) is 2. The largest absolute Gasteiger partial charge is 0.480 e. The molecule has 4 nitrogen and oxygen atoms in total. The zero-order valence-electron chi connectivity index (χ0n) is 9.05. The van der Waals surface area contributed by atoms with E-state index in [2.05, 4.69) is 12.6 Å². The number of rotatable bonds is 5. The van der Waals surface area contributed by atoms with Crippen LogP contribution in [0, 0.1) is 11.8 Å². The van der Waals surface area contributed by atoms with Crippen molar-refractivity contribution in [3.8, 4) is 0 Å². The molecule has 1 aliphatic rings. The first-order chi connectivity index (χ1) is 7.07. The van der Waals surface area contributed by atoms with E-state index in [1.54, 1.807) is 0 Å². The lowest BCUT2D eigenvalue weighted by atomic mass is 9.87. The molecule has 1 heterocycles. The molecule has 88 valence electrons. The Kier molecular flexibility index (Phi) is 4.89. The number of thiol groups is 1. The molecule has 1 saturated heterocycles. The normalized spacial score (nSPS) is 23.7. The molecule has 3 atom stereocenters. The summed E-state index contributed by atoms with van der Waals surface area (Å²) in [7, 11) is 0. The average Bonchev–Trinajstić information content (AvgIpc) is 2.71. The van der Waals surface area contributed by atoms with Gasteiger partial charge in [-0.2, -0.15) is 12.6 Å². The van der Waals surface area contributed by atoms with Gasteiger partial charge in [0.05, 0.1) is 13.2 Å². The van der Waals surface area contributed by atoms with E-state index < -0.39 is 11.2 Å². The number of carboxylic acid groups (broad SMARTS) is 1. The van der Waals surface area contributed by atoms with Crippen LogP contribution in [0.2, 0.25) is 0 Å². The highest BCUT2D eigenvalue weighted by molar-refractivity contribution is 7.81. The third-order valence-electron chi connectivity index (χ3n) is 2.88. The second-order valence-electron chi connectivity index (χ2n) is 3.82. The van der Waals surface area contributed by atoms with E-state index in [0.29, 0.717) is 13.2 Å². The van der Waals surface area contributed by atoms with E-state index in [9.17, 15) is 4.79 Å². The van der Waals surface area contributed by atoms with Crippen molar-refractivity contribution in [3.05, 3.63) is 0 Å². The first kappa shape index (κ1) is 12.8. The van der Waals surface area contributed by atoms with Crippen molar-refractivity contribution in [1.82, 2.24) is 0 Å². The Bertz CT molecular complexity index is 215. The molecule has 1 rings (SSSR count). The molecular weight excluding hydrogens is 216 g/mol. The van der Waals surface area contributed by atoms with Crippen LogP contribution < -0.4 is 0 Å². The summed E-state index contributed by atoms with van der Waals surface area (Å²) < 4.78 is 10.8. The summed E-state index contributed by atoms with van der Waals surface area (Å²) in [6.07, 6.45) is 0.481. The Morgan fingerprint density at radius 2 is 2.07 bits per heavy atom. The third-order valence-corrected chi connectivity index (χ3v) is 3.49. The lowest BCUT2D eigenvalue weighted by molar-refractivity contribution is -0.140. The van der Waals surface area contributed by atoms with Crippen molar-refractivity contribution in [3.63, 3.8) is 0 Å². The van der Waals surface area contributed by atoms with Crippen molar-refractivity contribution in [2.45, 2.75) is 31.8 Å². The van der Waals surface area contributed by atoms with Crippen LogP contribution in [-0.4, -0.2) is 35.8 Å². The molecule has 1 aliphatic heterocycles. The quantitative estimate of drug-likeness (QED) is 0.706. The maximum atomic E-state index is 10.9. The Hall–Kier alpha value is -0.260. The van der Waals surface area contributed by atoms with Gasteiger partial charge >= 0.3 is 5.97 Å². The predicted molar refractivity (Wildman–Crippen MR) is 59.0 cm³/mol. The Morgan fingerprint density at radius 1 is 1.53 bits per heavy atom. The first-order valence-electron chi connectivity index (χ1n) is 5.22. The summed E-state index contributed by atoms with van der Waals surface area (Å²) in [6, 6.07) is 0. The minimum absolute atomic E-state index is 0.0334. The SMILES string of the molecule is CCC(C(S)C(=O)O)C(C)C1OCCO1. The molecule has 5 heteroatoms. The molecule has 0 saturated carbocycles. The highest BCUT2D eigenvalue weighted by atomic mass is 32.1. The van der Waals surface area contributed by atoms with Crippen molar-refractivity contribution >= 4 is 18.6 Å². The van der Waals surface area contributed by atoms with Gasteiger partial charge < -0.3 is 14.6 Å². The molecule has 0 amide bonds. The van der Waals surface area contributed by atoms with Gasteiger partial charge in [0.2, 0.25) is 0 Å². The van der Waals surface area contributed by atoms with Crippen molar-refractivity contribution in [2.75, 3.05) is 13.2 Å². The molecule has 1 N–H and O–H groups in total. The topological polar surface area (TPSA) is 55.8 Å². The number of hydrogen-bond donors (Lipinski definition) is 2. The van der Waals surface area contributed by atoms with Crippen LogP contribution in [-0.2, 0) is 14.3 Å². The number of carbonyl (C=O) groups is 1. The minimum Gasteiger partial charge on any atom is -0.480 e. The van der Waals surface area contributed by atoms with Crippen LogP contribution in [0.4, 0.5) is 0 Å². The maximum Gasteiger partial charge on any atom is 0.316 e. The molecule has 0 bridgehead atoms. The molecule has 3 unspecified atom stereocenters. The van der Waals surface area contributed by atoms with Crippen molar-refractivity contribution in [2.24, 2.45) is 11.8 Å². The lowest BCUT2D eigenvalue weighted by Crippen LogP contribution is -2.35. The van der Waals surface area contributed by atoms with Gasteiger partial charge in [0, 0.05) is 5.92 Å². The van der Waals surface area contributed by atoms with Gasteiger partial charge in [-0.25, -0.2) is 0 Å². The summed E-state index contributed by atoms with van der Waals surface area (Å²) >= 11 is 4.12. The fraction of sp³-hybridized carbons (Fsp3) is 0.900. The van der Waals surface area contributed by atoms with Gasteiger partial charge in [-0.15, -0.1) is 0 Å². The molecule has 0 aromatic carbocycles. The van der Waals surface area contributed by atoms with Gasteiger partial charge in [-0.3, -0.25) is 4.79 Å². The van der Waals surface area contributed by atoms with Crippen LogP contribution >= 0.6 is 12.6 Å². The van der Waals surface area contributed by atoms with Gasteiger partial charge in [-0.05, 0) is 5.92 Å². The fourth-order valence-electron chi connectivity index (χ4n) is 1.95. The van der Waals surface area contributed by atoms with E-state index in [1.165, 1.54) is 0 Å². The Balaban J connectivity index is 2.59. The second kappa shape index (κ2) is 5.72. The Morgan fingerprint density at radius 3 is 2.47 bits per heavy atom. The summed E-state index contributed by atoms with van der Waals surface area (Å²) in [6.45, 7) is 5.10. The number of hydrogen-bond acceptors (Lipinski definition) is 4. The monoisotopic (exact) mass is 234 g/mol. The summed E-state index contributed by atoms with van der Waals surface area (Å²) in [4.78, 5) is 10.9. The zero-order valence-corrected chi connectivity index (χ0v) is 9.94. The highest BCUT2D eigenvalue weighted by Gasteiger charge is 2.35. The van der Waals surface area contributed by atoms with Gasteiger partial charge in [0.25, 0.3) is 0 Å². The standard InChI is InChI=1S/C10H18O4S/c1-3-7(8(15)9(11)12)6(2)10-13-4-5-14-10/h6-8,10,15H,3-5H2,1-2H3,(H,11,12). The van der Waals surface area contributed by atoms with E-state index in [4.69, 9.17) is 14.6 Å². The molecule has 1 fully saturated rings. The molecule has 0 aromatic heterocycles. The number of carboxylic acids is 1. The zero-order chi connectivity index (χ0) is 11.4. The molecule has 0 aromatic rings. The molecule has 0 radical (unpaired) electrons. The highest BCUT2D eigenvalue weighted by Crippen LogP contribution is 2.29. The summed E-state index contributed by atoms with van der Waals surface area (Å²) in [5.74, 6) is -0.861. The maximum absolute atomic E-state index is 10.9. The van der Waals surface area contributed by atoms with Crippen LogP contribution in [0.25, 0.3) is 0 Å². The minimum atomic E-state index is -0.880. The van der Waals surface area contributed by atoms with E-state index in [-0.39, 0.29) is 18.1 Å². The summed E-state index contributed by atoms with van der Waals surface area (Å²) in [5, 5.41) is 8.26. The van der Waals surface area contributed by atoms with Gasteiger partial charge in [-0.1, -0.05) is 20.3 Å². The van der Waals surface area contributed by atoms with Crippen LogP contribution in [0.5, 0.6) is 0 Å². The van der Waals surface area contributed by atoms with E-state index in [1.807, 2.05) is 13.8 Å². The van der Waals surface area contributed by atoms with Crippen LogP contribution in [0.15, 0.2) is 0 Å².